The van der Waals surface area contributed by atoms with Crippen LogP contribution in [0.15, 0.2) is 48.5 Å². The van der Waals surface area contributed by atoms with Crippen LogP contribution in [-0.2, 0) is 12.8 Å². The molecule has 1 unspecified atom stereocenters. The first-order chi connectivity index (χ1) is 12.8. The van der Waals surface area contributed by atoms with Gasteiger partial charge in [0.05, 0.1) is 19.7 Å². The molecule has 2 heterocycles. The molecule has 4 rings (SSSR count). The summed E-state index contributed by atoms with van der Waals surface area (Å²) in [5.41, 5.74) is 3.70. The molecule has 0 bridgehead atoms. The highest BCUT2D eigenvalue weighted by Crippen LogP contribution is 2.24. The number of hydrogen-bond acceptors (Lipinski definition) is 2. The van der Waals surface area contributed by atoms with Gasteiger partial charge >= 0.3 is 0 Å². The lowest BCUT2D eigenvalue weighted by Crippen LogP contribution is -2.88. The minimum absolute atomic E-state index is 0.137. The molecule has 0 spiro atoms. The molecule has 2 aliphatic heterocycles. The standard InChI is InChI=1S/C22H27N2O2/c25-16-22(15-24-12-10-18-5-1-2-7-20(18)13-24)14-23-11-9-19-6-3-4-8-21(19)26-17-22/h1-8,13,23,25H,9-12,14-17H2/q+1/p+1. The summed E-state index contributed by atoms with van der Waals surface area (Å²) in [5.74, 6) is 0.966. The van der Waals surface area contributed by atoms with Crippen LogP contribution in [0.2, 0.25) is 0 Å². The van der Waals surface area contributed by atoms with Crippen molar-refractivity contribution in [3.05, 3.63) is 65.2 Å². The first-order valence-corrected chi connectivity index (χ1v) is 9.58. The first-order valence-electron chi connectivity index (χ1n) is 9.58. The fourth-order valence-corrected chi connectivity index (χ4v) is 4.05. The van der Waals surface area contributed by atoms with Crippen LogP contribution >= 0.6 is 0 Å². The molecule has 2 aromatic rings. The Hall–Kier alpha value is -2.17. The molecule has 0 aliphatic carbocycles. The van der Waals surface area contributed by atoms with E-state index in [0.29, 0.717) is 6.61 Å². The van der Waals surface area contributed by atoms with Gasteiger partial charge in [0.15, 0.2) is 12.8 Å². The summed E-state index contributed by atoms with van der Waals surface area (Å²) < 4.78 is 8.57. The van der Waals surface area contributed by atoms with Crippen LogP contribution in [0.4, 0.5) is 0 Å². The SMILES string of the molecule is OCC1(C[N+]2=Cc3ccccc3CC2)C[NH2+]CCc2ccccc2OC1. The zero-order valence-corrected chi connectivity index (χ0v) is 15.2. The summed E-state index contributed by atoms with van der Waals surface area (Å²) in [4.78, 5) is 0. The maximum absolute atomic E-state index is 10.3. The average Bonchev–Trinajstić information content (AvgIpc) is 2.78. The van der Waals surface area contributed by atoms with Crippen LogP contribution in [0, 0.1) is 5.41 Å². The lowest BCUT2D eigenvalue weighted by atomic mass is 9.88. The van der Waals surface area contributed by atoms with E-state index in [-0.39, 0.29) is 12.0 Å². The minimum atomic E-state index is -0.264. The van der Waals surface area contributed by atoms with Gasteiger partial charge in [-0.1, -0.05) is 36.4 Å². The van der Waals surface area contributed by atoms with Crippen molar-refractivity contribution >= 4 is 6.21 Å². The Morgan fingerprint density at radius 2 is 1.85 bits per heavy atom. The van der Waals surface area contributed by atoms with E-state index in [1.807, 2.05) is 12.1 Å². The molecule has 0 saturated carbocycles. The van der Waals surface area contributed by atoms with Crippen LogP contribution in [-0.4, -0.2) is 55.3 Å². The molecule has 2 aromatic carbocycles. The van der Waals surface area contributed by atoms with E-state index in [1.165, 1.54) is 16.7 Å². The van der Waals surface area contributed by atoms with Crippen molar-refractivity contribution in [2.45, 2.75) is 12.8 Å². The molecule has 3 N–H and O–H groups in total. The van der Waals surface area contributed by atoms with Crippen molar-refractivity contribution in [2.75, 3.05) is 39.4 Å². The third-order valence-corrected chi connectivity index (χ3v) is 5.62. The molecule has 0 aromatic heterocycles. The Morgan fingerprint density at radius 3 is 2.73 bits per heavy atom. The molecule has 2 aliphatic rings. The number of quaternary nitrogens is 1. The van der Waals surface area contributed by atoms with Crippen LogP contribution in [0.1, 0.15) is 16.7 Å². The number of rotatable bonds is 3. The Labute approximate surface area is 155 Å². The normalized spacial score (nSPS) is 22.7. The third-order valence-electron chi connectivity index (χ3n) is 5.62. The molecular formula is C22H28N2O2+2. The maximum Gasteiger partial charge on any atom is 0.170 e. The summed E-state index contributed by atoms with van der Waals surface area (Å²) in [7, 11) is 0. The lowest BCUT2D eigenvalue weighted by molar-refractivity contribution is -0.674. The Balaban J connectivity index is 1.56. The number of aliphatic hydroxyl groups excluding tert-OH is 1. The van der Waals surface area contributed by atoms with E-state index in [9.17, 15) is 5.11 Å². The summed E-state index contributed by atoms with van der Waals surface area (Å²) in [6.07, 6.45) is 4.30. The number of nitrogens with zero attached hydrogens (tertiary/aromatic N) is 1. The molecule has 1 atom stereocenters. The Kier molecular flexibility index (Phi) is 5.05. The summed E-state index contributed by atoms with van der Waals surface area (Å²) >= 11 is 0. The largest absolute Gasteiger partial charge is 0.492 e. The van der Waals surface area contributed by atoms with E-state index in [1.54, 1.807) is 0 Å². The second-order valence-corrected chi connectivity index (χ2v) is 7.63. The quantitative estimate of drug-likeness (QED) is 0.805. The number of ether oxygens (including phenoxy) is 1. The van der Waals surface area contributed by atoms with Crippen molar-refractivity contribution in [2.24, 2.45) is 5.41 Å². The highest BCUT2D eigenvalue weighted by molar-refractivity contribution is 5.78. The van der Waals surface area contributed by atoms with Gasteiger partial charge in [-0.05, 0) is 23.3 Å². The predicted molar refractivity (Wildman–Crippen MR) is 102 cm³/mol. The van der Waals surface area contributed by atoms with Crippen molar-refractivity contribution in [3.63, 3.8) is 0 Å². The van der Waals surface area contributed by atoms with Crippen molar-refractivity contribution in [1.82, 2.24) is 0 Å². The smallest absolute Gasteiger partial charge is 0.170 e. The van der Waals surface area contributed by atoms with E-state index in [2.05, 4.69) is 52.5 Å². The van der Waals surface area contributed by atoms with Crippen LogP contribution in [0.3, 0.4) is 0 Å². The molecule has 0 saturated heterocycles. The second kappa shape index (κ2) is 7.60. The van der Waals surface area contributed by atoms with E-state index in [0.717, 1.165) is 44.8 Å². The summed E-state index contributed by atoms with van der Waals surface area (Å²) in [6, 6.07) is 16.9. The Bertz CT molecular complexity index is 802. The zero-order valence-electron chi connectivity index (χ0n) is 15.2. The highest BCUT2D eigenvalue weighted by atomic mass is 16.5. The van der Waals surface area contributed by atoms with Gasteiger partial charge < -0.3 is 15.2 Å². The number of nitrogens with two attached hydrogens (primary N) is 1. The van der Waals surface area contributed by atoms with E-state index >= 15 is 0 Å². The van der Waals surface area contributed by atoms with Gasteiger partial charge in [0.2, 0.25) is 0 Å². The molecule has 136 valence electrons. The van der Waals surface area contributed by atoms with Crippen LogP contribution in [0.5, 0.6) is 5.75 Å². The molecule has 0 radical (unpaired) electrons. The van der Waals surface area contributed by atoms with Gasteiger partial charge in [0.1, 0.15) is 24.3 Å². The van der Waals surface area contributed by atoms with E-state index < -0.39 is 0 Å². The molecule has 0 amide bonds. The van der Waals surface area contributed by atoms with E-state index in [4.69, 9.17) is 4.74 Å². The topological polar surface area (TPSA) is 49.1 Å². The summed E-state index contributed by atoms with van der Waals surface area (Å²) in [6.45, 7) is 4.39. The number of hydrogen-bond donors (Lipinski definition) is 2. The molecule has 26 heavy (non-hydrogen) atoms. The van der Waals surface area contributed by atoms with Gasteiger partial charge in [-0.3, -0.25) is 0 Å². The van der Waals surface area contributed by atoms with Crippen molar-refractivity contribution in [3.8, 4) is 5.75 Å². The number of para-hydroxylation sites is 1. The monoisotopic (exact) mass is 352 g/mol. The molecule has 4 nitrogen and oxygen atoms in total. The maximum atomic E-state index is 10.3. The summed E-state index contributed by atoms with van der Waals surface area (Å²) in [5, 5.41) is 12.6. The van der Waals surface area contributed by atoms with Crippen LogP contribution < -0.4 is 10.1 Å². The fourth-order valence-electron chi connectivity index (χ4n) is 4.05. The number of aliphatic hydroxyl groups is 1. The third kappa shape index (κ3) is 3.67. The van der Waals surface area contributed by atoms with Gasteiger partial charge in [-0.2, -0.15) is 0 Å². The van der Waals surface area contributed by atoms with Crippen LogP contribution in [0.25, 0.3) is 0 Å². The lowest BCUT2D eigenvalue weighted by Gasteiger charge is -2.28. The van der Waals surface area contributed by atoms with Gasteiger partial charge in [-0.15, -0.1) is 0 Å². The predicted octanol–water partition coefficient (Wildman–Crippen LogP) is 0.851. The fraction of sp³-hybridized carbons (Fsp3) is 0.409. The zero-order chi connectivity index (χ0) is 17.8. The minimum Gasteiger partial charge on any atom is -0.492 e. The van der Waals surface area contributed by atoms with Crippen molar-refractivity contribution in [1.29, 1.82) is 0 Å². The van der Waals surface area contributed by atoms with Crippen molar-refractivity contribution < 1.29 is 19.7 Å². The second-order valence-electron chi connectivity index (χ2n) is 7.63. The highest BCUT2D eigenvalue weighted by Gasteiger charge is 2.39. The van der Waals surface area contributed by atoms with Gasteiger partial charge in [-0.25, -0.2) is 4.58 Å². The first kappa shape index (κ1) is 17.3. The number of fused-ring (bicyclic) bond motifs is 2. The average molecular weight is 352 g/mol. The number of benzene rings is 2. The molecule has 4 heteroatoms. The molecule has 0 fully saturated rings. The Morgan fingerprint density at radius 1 is 1.04 bits per heavy atom. The van der Waals surface area contributed by atoms with Gasteiger partial charge in [0, 0.05) is 18.4 Å². The molecular weight excluding hydrogens is 324 g/mol. The van der Waals surface area contributed by atoms with Gasteiger partial charge in [0.25, 0.3) is 0 Å².